The van der Waals surface area contributed by atoms with Crippen LogP contribution >= 0.6 is 0 Å². The van der Waals surface area contributed by atoms with Crippen molar-refractivity contribution in [3.63, 3.8) is 0 Å². The van der Waals surface area contributed by atoms with Crippen LogP contribution in [0.1, 0.15) is 39.2 Å². The lowest BCUT2D eigenvalue weighted by Crippen LogP contribution is -2.07. The van der Waals surface area contributed by atoms with Gasteiger partial charge in [0.15, 0.2) is 17.1 Å². The number of benzene rings is 2. The molecule has 0 saturated carbocycles. The molecule has 1 N–H and O–H groups in total. The number of unbranched alkanes of at least 4 members (excludes halogenated alkanes) is 1. The van der Waals surface area contributed by atoms with Gasteiger partial charge in [-0.1, -0.05) is 31.5 Å². The number of aryl methyl sites for hydroxylation is 1. The highest BCUT2D eigenvalue weighted by molar-refractivity contribution is 6.04. The zero-order chi connectivity index (χ0) is 22.5. The summed E-state index contributed by atoms with van der Waals surface area (Å²) in [7, 11) is 1.62. The Kier molecular flexibility index (Phi) is 6.49. The first-order valence-electron chi connectivity index (χ1n) is 10.9. The van der Waals surface area contributed by atoms with Gasteiger partial charge in [-0.25, -0.2) is 5.43 Å². The summed E-state index contributed by atoms with van der Waals surface area (Å²) in [4.78, 5) is 4.70. The van der Waals surface area contributed by atoms with E-state index >= 15 is 0 Å². The van der Waals surface area contributed by atoms with Crippen molar-refractivity contribution in [1.82, 2.24) is 19.7 Å². The fourth-order valence-corrected chi connectivity index (χ4v) is 3.57. The summed E-state index contributed by atoms with van der Waals surface area (Å²) in [6.45, 7) is 7.02. The minimum atomic E-state index is 0.0672. The molecule has 4 rings (SSSR count). The number of hydrogen-bond acceptors (Lipinski definition) is 7. The van der Waals surface area contributed by atoms with Crippen molar-refractivity contribution in [3.8, 4) is 11.5 Å². The fraction of sp³-hybridized carbons (Fsp3) is 0.333. The maximum Gasteiger partial charge on any atom is 0.265 e. The van der Waals surface area contributed by atoms with Crippen LogP contribution in [0.5, 0.6) is 11.5 Å². The number of para-hydroxylation sites is 1. The van der Waals surface area contributed by atoms with Gasteiger partial charge in [0.25, 0.3) is 5.95 Å². The molecule has 2 aromatic carbocycles. The standard InChI is InChI=1S/C24H28N6O2/c1-5-6-13-30-19-10-8-7-9-18(19)22-23(30)26-24(29-27-22)28-25-15-17-11-12-20(32-16(2)3)21(14-17)31-4/h7-12,14-16H,5-6,13H2,1-4H3,(H,26,28,29)/b25-15+. The van der Waals surface area contributed by atoms with E-state index in [2.05, 4.69) is 44.3 Å². The Morgan fingerprint density at radius 2 is 1.97 bits per heavy atom. The average molecular weight is 433 g/mol. The summed E-state index contributed by atoms with van der Waals surface area (Å²) in [6.07, 6.45) is 3.92. The van der Waals surface area contributed by atoms with Gasteiger partial charge < -0.3 is 14.0 Å². The summed E-state index contributed by atoms with van der Waals surface area (Å²) >= 11 is 0. The van der Waals surface area contributed by atoms with Gasteiger partial charge in [-0.15, -0.1) is 10.2 Å². The maximum atomic E-state index is 5.75. The monoisotopic (exact) mass is 432 g/mol. The molecule has 0 unspecified atom stereocenters. The van der Waals surface area contributed by atoms with Gasteiger partial charge in [-0.05, 0) is 50.1 Å². The van der Waals surface area contributed by atoms with Gasteiger partial charge in [-0.2, -0.15) is 10.1 Å². The Labute approximate surface area is 187 Å². The first-order chi connectivity index (χ1) is 15.6. The first-order valence-corrected chi connectivity index (χ1v) is 10.9. The minimum absolute atomic E-state index is 0.0672. The van der Waals surface area contributed by atoms with E-state index in [1.807, 2.05) is 44.2 Å². The topological polar surface area (TPSA) is 86.5 Å². The van der Waals surface area contributed by atoms with Crippen LogP contribution < -0.4 is 14.9 Å². The Bertz CT molecular complexity index is 1250. The van der Waals surface area contributed by atoms with Crippen molar-refractivity contribution in [2.24, 2.45) is 5.10 Å². The van der Waals surface area contributed by atoms with E-state index in [4.69, 9.17) is 14.5 Å². The molecule has 0 bridgehead atoms. The minimum Gasteiger partial charge on any atom is -0.493 e. The summed E-state index contributed by atoms with van der Waals surface area (Å²) in [5.74, 6) is 1.70. The molecule has 2 heterocycles. The van der Waals surface area contributed by atoms with Crippen LogP contribution in [0.4, 0.5) is 5.95 Å². The molecule has 8 nitrogen and oxygen atoms in total. The second-order valence-electron chi connectivity index (χ2n) is 7.78. The van der Waals surface area contributed by atoms with E-state index in [0.29, 0.717) is 17.4 Å². The van der Waals surface area contributed by atoms with Gasteiger partial charge in [-0.3, -0.25) is 0 Å². The van der Waals surface area contributed by atoms with E-state index < -0.39 is 0 Å². The van der Waals surface area contributed by atoms with E-state index in [1.54, 1.807) is 13.3 Å². The highest BCUT2D eigenvalue weighted by Crippen LogP contribution is 2.29. The second-order valence-corrected chi connectivity index (χ2v) is 7.78. The Hall–Kier alpha value is -3.68. The Morgan fingerprint density at radius 1 is 1.12 bits per heavy atom. The Balaban J connectivity index is 1.58. The smallest absolute Gasteiger partial charge is 0.265 e. The molecule has 0 amide bonds. The lowest BCUT2D eigenvalue weighted by molar-refractivity contribution is 0.230. The number of anilines is 1. The molecule has 2 aromatic heterocycles. The second kappa shape index (κ2) is 9.64. The van der Waals surface area contributed by atoms with Crippen molar-refractivity contribution in [1.29, 1.82) is 0 Å². The van der Waals surface area contributed by atoms with E-state index in [9.17, 15) is 0 Å². The largest absolute Gasteiger partial charge is 0.493 e. The number of hydrazone groups is 1. The van der Waals surface area contributed by atoms with Crippen LogP contribution in [0.2, 0.25) is 0 Å². The molecule has 0 spiro atoms. The van der Waals surface area contributed by atoms with Crippen molar-refractivity contribution in [2.75, 3.05) is 12.5 Å². The molecule has 0 saturated heterocycles. The third-order valence-electron chi connectivity index (χ3n) is 5.04. The summed E-state index contributed by atoms with van der Waals surface area (Å²) in [5, 5.41) is 14.0. The predicted octanol–water partition coefficient (Wildman–Crippen LogP) is 5.02. The summed E-state index contributed by atoms with van der Waals surface area (Å²) in [5.41, 5.74) is 6.49. The van der Waals surface area contributed by atoms with Crippen LogP contribution in [-0.4, -0.2) is 39.2 Å². The van der Waals surface area contributed by atoms with Crippen LogP contribution in [0.3, 0.4) is 0 Å². The molecule has 0 atom stereocenters. The third kappa shape index (κ3) is 4.49. The highest BCUT2D eigenvalue weighted by Gasteiger charge is 2.14. The molecule has 0 aliphatic carbocycles. The highest BCUT2D eigenvalue weighted by atomic mass is 16.5. The van der Waals surface area contributed by atoms with E-state index in [0.717, 1.165) is 47.0 Å². The van der Waals surface area contributed by atoms with E-state index in [1.165, 1.54) is 0 Å². The number of ether oxygens (including phenoxy) is 2. The molecule has 166 valence electrons. The normalized spacial score (nSPS) is 11.7. The van der Waals surface area contributed by atoms with Crippen LogP contribution in [0.15, 0.2) is 47.6 Å². The first kappa shape index (κ1) is 21.5. The van der Waals surface area contributed by atoms with E-state index in [-0.39, 0.29) is 6.10 Å². The van der Waals surface area contributed by atoms with Gasteiger partial charge >= 0.3 is 0 Å². The Morgan fingerprint density at radius 3 is 2.75 bits per heavy atom. The number of nitrogens with zero attached hydrogens (tertiary/aromatic N) is 5. The molecular formula is C24H28N6O2. The van der Waals surface area contributed by atoms with Crippen molar-refractivity contribution in [3.05, 3.63) is 48.0 Å². The van der Waals surface area contributed by atoms with Crippen molar-refractivity contribution >= 4 is 34.2 Å². The van der Waals surface area contributed by atoms with Gasteiger partial charge in [0, 0.05) is 11.9 Å². The van der Waals surface area contributed by atoms with Crippen molar-refractivity contribution < 1.29 is 9.47 Å². The average Bonchev–Trinajstić information content (AvgIpc) is 3.11. The zero-order valence-corrected chi connectivity index (χ0v) is 18.9. The molecule has 32 heavy (non-hydrogen) atoms. The molecule has 0 radical (unpaired) electrons. The molecule has 0 aliphatic rings. The van der Waals surface area contributed by atoms with Crippen LogP contribution in [0.25, 0.3) is 22.1 Å². The quantitative estimate of drug-likeness (QED) is 0.295. The third-order valence-corrected chi connectivity index (χ3v) is 5.04. The summed E-state index contributed by atoms with van der Waals surface area (Å²) < 4.78 is 13.4. The number of fused-ring (bicyclic) bond motifs is 3. The number of aromatic nitrogens is 4. The van der Waals surface area contributed by atoms with Crippen LogP contribution in [-0.2, 0) is 6.54 Å². The number of rotatable bonds is 9. The molecule has 0 aliphatic heterocycles. The molecular weight excluding hydrogens is 404 g/mol. The lowest BCUT2D eigenvalue weighted by atomic mass is 10.2. The zero-order valence-electron chi connectivity index (χ0n) is 18.9. The van der Waals surface area contributed by atoms with Crippen molar-refractivity contribution in [2.45, 2.75) is 46.3 Å². The number of hydrogen-bond donors (Lipinski definition) is 1. The van der Waals surface area contributed by atoms with Gasteiger partial charge in [0.2, 0.25) is 0 Å². The SMILES string of the molecule is CCCCn1c2ccccc2c2nnc(N/N=C/c3ccc(OC(C)C)c(OC)c3)nc21. The number of methoxy groups -OCH3 is 1. The fourth-order valence-electron chi connectivity index (χ4n) is 3.57. The lowest BCUT2D eigenvalue weighted by Gasteiger charge is -2.13. The molecule has 0 fully saturated rings. The van der Waals surface area contributed by atoms with Gasteiger partial charge in [0.1, 0.15) is 5.52 Å². The maximum absolute atomic E-state index is 5.75. The molecule has 8 heteroatoms. The van der Waals surface area contributed by atoms with Crippen LogP contribution in [0, 0.1) is 0 Å². The summed E-state index contributed by atoms with van der Waals surface area (Å²) in [6, 6.07) is 13.9. The molecule has 4 aromatic rings. The number of nitrogens with one attached hydrogen (secondary N) is 1. The predicted molar refractivity (Wildman–Crippen MR) is 128 cm³/mol. The van der Waals surface area contributed by atoms with Gasteiger partial charge in [0.05, 0.1) is 24.9 Å².